The first-order valence-electron chi connectivity index (χ1n) is 8.50. The average molecular weight is 387 g/mol. The van der Waals surface area contributed by atoms with Crippen LogP contribution in [0.15, 0.2) is 35.1 Å². The van der Waals surface area contributed by atoms with Gasteiger partial charge in [0.15, 0.2) is 5.65 Å². The molecule has 4 aromatic rings. The van der Waals surface area contributed by atoms with Crippen molar-refractivity contribution in [2.45, 2.75) is 26.9 Å². The maximum atomic E-state index is 13.7. The van der Waals surface area contributed by atoms with E-state index in [9.17, 15) is 18.0 Å². The molecule has 144 valence electrons. The Bertz CT molecular complexity index is 1230. The van der Waals surface area contributed by atoms with Crippen LogP contribution >= 0.6 is 0 Å². The van der Waals surface area contributed by atoms with Crippen molar-refractivity contribution in [1.82, 2.24) is 24.6 Å². The van der Waals surface area contributed by atoms with Crippen LogP contribution in [-0.2, 0) is 6.18 Å². The summed E-state index contributed by atoms with van der Waals surface area (Å²) >= 11 is 0. The van der Waals surface area contributed by atoms with Gasteiger partial charge < -0.3 is 4.98 Å². The zero-order valence-electron chi connectivity index (χ0n) is 15.3. The fourth-order valence-corrected chi connectivity index (χ4v) is 3.20. The van der Waals surface area contributed by atoms with Gasteiger partial charge in [-0.05, 0) is 26.3 Å². The number of hydrogen-bond acceptors (Lipinski definition) is 3. The normalized spacial score (nSPS) is 12.1. The van der Waals surface area contributed by atoms with E-state index in [2.05, 4.69) is 20.1 Å². The predicted molar refractivity (Wildman–Crippen MR) is 98.0 cm³/mol. The number of nitrogens with one attached hydrogen (secondary N) is 2. The van der Waals surface area contributed by atoms with Gasteiger partial charge in [-0.15, -0.1) is 0 Å². The Balaban J connectivity index is 2.10. The summed E-state index contributed by atoms with van der Waals surface area (Å²) in [5.74, 6) is 0.281. The van der Waals surface area contributed by atoms with E-state index in [-0.39, 0.29) is 22.6 Å². The number of imidazole rings is 1. The van der Waals surface area contributed by atoms with Crippen molar-refractivity contribution in [1.29, 1.82) is 0 Å². The fourth-order valence-electron chi connectivity index (χ4n) is 3.20. The molecule has 0 spiro atoms. The van der Waals surface area contributed by atoms with Crippen LogP contribution < -0.4 is 5.56 Å². The van der Waals surface area contributed by atoms with Crippen LogP contribution in [0.1, 0.15) is 22.8 Å². The molecule has 6 nitrogen and oxygen atoms in total. The molecule has 0 unspecified atom stereocenters. The lowest BCUT2D eigenvalue weighted by Gasteiger charge is -2.07. The summed E-state index contributed by atoms with van der Waals surface area (Å²) in [7, 11) is 0. The fraction of sp³-hybridized carbons (Fsp3) is 0.211. The predicted octanol–water partition coefficient (Wildman–Crippen LogP) is 4.02. The summed E-state index contributed by atoms with van der Waals surface area (Å²) in [6.45, 7) is 5.16. The molecule has 0 aliphatic rings. The van der Waals surface area contributed by atoms with E-state index >= 15 is 0 Å². The molecular formula is C19H16F3N5O. The van der Waals surface area contributed by atoms with E-state index < -0.39 is 17.4 Å². The maximum absolute atomic E-state index is 13.7. The van der Waals surface area contributed by atoms with Crippen molar-refractivity contribution in [2.24, 2.45) is 0 Å². The number of hydrogen-bond donors (Lipinski definition) is 2. The molecule has 0 saturated heterocycles. The minimum absolute atomic E-state index is 0.0789. The molecule has 28 heavy (non-hydrogen) atoms. The molecule has 0 aliphatic carbocycles. The number of alkyl halides is 3. The number of rotatable bonds is 2. The first-order valence-corrected chi connectivity index (χ1v) is 8.50. The highest BCUT2D eigenvalue weighted by molar-refractivity contribution is 5.81. The molecule has 0 saturated carbocycles. The third-order valence-corrected chi connectivity index (χ3v) is 4.67. The molecule has 3 heterocycles. The lowest BCUT2D eigenvalue weighted by Crippen LogP contribution is -2.20. The quantitative estimate of drug-likeness (QED) is 0.545. The number of halogens is 3. The highest BCUT2D eigenvalue weighted by Gasteiger charge is 2.38. The Morgan fingerprint density at radius 1 is 0.964 bits per heavy atom. The van der Waals surface area contributed by atoms with E-state index in [0.29, 0.717) is 17.0 Å². The third-order valence-electron chi connectivity index (χ3n) is 4.67. The Kier molecular flexibility index (Phi) is 3.91. The van der Waals surface area contributed by atoms with Gasteiger partial charge in [-0.25, -0.2) is 9.97 Å². The molecule has 2 N–H and O–H groups in total. The SMILES string of the molecule is Cc1nc(-c2c(C)nc3c(-c4ccccc4)c(C(F)(F)F)[nH]n3c2=O)[nH]c1C. The highest BCUT2D eigenvalue weighted by Crippen LogP contribution is 2.38. The largest absolute Gasteiger partial charge is 0.433 e. The number of fused-ring (bicyclic) bond motifs is 1. The number of aromatic amines is 2. The van der Waals surface area contributed by atoms with Gasteiger partial charge in [0.2, 0.25) is 0 Å². The molecule has 0 amide bonds. The summed E-state index contributed by atoms with van der Waals surface area (Å²) in [4.78, 5) is 24.7. The Labute approximate surface area is 157 Å². The van der Waals surface area contributed by atoms with Gasteiger partial charge >= 0.3 is 6.18 Å². The monoisotopic (exact) mass is 387 g/mol. The Morgan fingerprint density at radius 2 is 1.64 bits per heavy atom. The van der Waals surface area contributed by atoms with Crippen LogP contribution in [0.4, 0.5) is 13.2 Å². The van der Waals surface area contributed by atoms with Crippen LogP contribution in [0.3, 0.4) is 0 Å². The maximum Gasteiger partial charge on any atom is 0.433 e. The molecule has 1 aromatic carbocycles. The van der Waals surface area contributed by atoms with Crippen molar-refractivity contribution in [3.63, 3.8) is 0 Å². The molecule has 4 rings (SSSR count). The van der Waals surface area contributed by atoms with Gasteiger partial charge in [-0.1, -0.05) is 30.3 Å². The lowest BCUT2D eigenvalue weighted by molar-refractivity contribution is -0.140. The molecular weight excluding hydrogens is 371 g/mol. The summed E-state index contributed by atoms with van der Waals surface area (Å²) in [5, 5.41) is 2.20. The summed E-state index contributed by atoms with van der Waals surface area (Å²) in [6.07, 6.45) is -4.68. The van der Waals surface area contributed by atoms with Crippen molar-refractivity contribution in [3.05, 3.63) is 63.5 Å². The van der Waals surface area contributed by atoms with Gasteiger partial charge in [0.05, 0.1) is 17.0 Å². The van der Waals surface area contributed by atoms with Gasteiger partial charge in [0.1, 0.15) is 17.1 Å². The number of nitrogens with zero attached hydrogens (tertiary/aromatic N) is 3. The Hall–Kier alpha value is -3.36. The molecule has 0 atom stereocenters. The first-order chi connectivity index (χ1) is 13.2. The minimum Gasteiger partial charge on any atom is -0.342 e. The molecule has 0 aliphatic heterocycles. The first kappa shape index (κ1) is 18.0. The highest BCUT2D eigenvalue weighted by atomic mass is 19.4. The Morgan fingerprint density at radius 3 is 2.21 bits per heavy atom. The molecule has 0 fully saturated rings. The molecule has 9 heteroatoms. The van der Waals surface area contributed by atoms with Gasteiger partial charge in [-0.3, -0.25) is 9.89 Å². The van der Waals surface area contributed by atoms with E-state index in [4.69, 9.17) is 0 Å². The summed E-state index contributed by atoms with van der Waals surface area (Å²) in [5.41, 5.74) is 0.300. The second-order valence-electron chi connectivity index (χ2n) is 6.56. The number of benzene rings is 1. The number of aromatic nitrogens is 5. The van der Waals surface area contributed by atoms with Gasteiger partial charge in [-0.2, -0.15) is 17.7 Å². The average Bonchev–Trinajstić information content (AvgIpc) is 3.16. The van der Waals surface area contributed by atoms with Crippen LogP contribution in [0, 0.1) is 20.8 Å². The van der Waals surface area contributed by atoms with E-state index in [1.54, 1.807) is 51.1 Å². The molecule has 0 bridgehead atoms. The number of aryl methyl sites for hydroxylation is 3. The zero-order chi connectivity index (χ0) is 20.2. The van der Waals surface area contributed by atoms with Crippen LogP contribution in [0.2, 0.25) is 0 Å². The van der Waals surface area contributed by atoms with Crippen molar-refractivity contribution < 1.29 is 13.2 Å². The lowest BCUT2D eigenvalue weighted by atomic mass is 10.1. The van der Waals surface area contributed by atoms with E-state index in [1.807, 2.05) is 0 Å². The van der Waals surface area contributed by atoms with Crippen LogP contribution in [-0.4, -0.2) is 24.6 Å². The summed E-state index contributed by atoms with van der Waals surface area (Å²) in [6, 6.07) is 8.07. The van der Waals surface area contributed by atoms with Gasteiger partial charge in [0, 0.05) is 5.69 Å². The zero-order valence-corrected chi connectivity index (χ0v) is 15.3. The van der Waals surface area contributed by atoms with Gasteiger partial charge in [0.25, 0.3) is 5.56 Å². The second kappa shape index (κ2) is 6.08. The van der Waals surface area contributed by atoms with Crippen LogP contribution in [0.25, 0.3) is 28.2 Å². The van der Waals surface area contributed by atoms with Crippen molar-refractivity contribution >= 4 is 5.65 Å². The molecule has 3 aromatic heterocycles. The van der Waals surface area contributed by atoms with Crippen LogP contribution in [0.5, 0.6) is 0 Å². The second-order valence-corrected chi connectivity index (χ2v) is 6.56. The third kappa shape index (κ3) is 2.70. The topological polar surface area (TPSA) is 78.8 Å². The van der Waals surface area contributed by atoms with E-state index in [0.717, 1.165) is 10.2 Å². The number of H-pyrrole nitrogens is 2. The van der Waals surface area contributed by atoms with E-state index in [1.165, 1.54) is 0 Å². The summed E-state index contributed by atoms with van der Waals surface area (Å²) < 4.78 is 41.9. The standard InChI is InChI=1S/C19H16F3N5O/c1-9-10(2)24-16(23-9)13-11(3)25-17-14(12-7-5-4-6-8-12)15(19(20,21)22)26-27(17)18(13)28/h4-8,26H,1-3H3,(H,23,24). The minimum atomic E-state index is -4.68. The van der Waals surface area contributed by atoms with Crippen molar-refractivity contribution in [3.8, 4) is 22.5 Å². The van der Waals surface area contributed by atoms with Crippen molar-refractivity contribution in [2.75, 3.05) is 0 Å². The molecule has 0 radical (unpaired) electrons. The smallest absolute Gasteiger partial charge is 0.342 e.